The topological polar surface area (TPSA) is 107 Å². The van der Waals surface area contributed by atoms with Gasteiger partial charge in [0.1, 0.15) is 6.04 Å². The molecule has 1 aromatic rings. The van der Waals surface area contributed by atoms with E-state index in [1.807, 2.05) is 0 Å². The molecule has 14 heavy (non-hydrogen) atoms. The minimum Gasteiger partial charge on any atom is -0.368 e. The Labute approximate surface area is 79.5 Å². The summed E-state index contributed by atoms with van der Waals surface area (Å²) in [5, 5.41) is 2.47. The molecule has 0 fully saturated rings. The third kappa shape index (κ3) is 2.28. The lowest BCUT2D eigenvalue weighted by Gasteiger charge is -2.10. The standard InChI is InChI=1S/C7H10FN5O/c1-3(5(9)14)12-6-4(8)2-11-7(10)13-6/h2-3H,1H3,(H2,9,14)(H3,10,11,12,13). The van der Waals surface area contributed by atoms with Crippen LogP contribution in [0, 0.1) is 5.82 Å². The molecule has 5 N–H and O–H groups in total. The van der Waals surface area contributed by atoms with E-state index in [4.69, 9.17) is 11.5 Å². The fourth-order valence-electron chi connectivity index (χ4n) is 0.758. The normalized spacial score (nSPS) is 12.1. The molecule has 0 saturated carbocycles. The lowest BCUT2D eigenvalue weighted by Crippen LogP contribution is -2.33. The lowest BCUT2D eigenvalue weighted by molar-refractivity contribution is -0.118. The highest BCUT2D eigenvalue weighted by atomic mass is 19.1. The number of primary amides is 1. The third-order valence-electron chi connectivity index (χ3n) is 1.54. The van der Waals surface area contributed by atoms with E-state index < -0.39 is 17.8 Å². The van der Waals surface area contributed by atoms with Gasteiger partial charge < -0.3 is 16.8 Å². The van der Waals surface area contributed by atoms with Crippen molar-refractivity contribution in [2.45, 2.75) is 13.0 Å². The molecule has 0 aliphatic heterocycles. The zero-order valence-corrected chi connectivity index (χ0v) is 7.49. The van der Waals surface area contributed by atoms with Gasteiger partial charge in [-0.3, -0.25) is 4.79 Å². The van der Waals surface area contributed by atoms with Crippen molar-refractivity contribution < 1.29 is 9.18 Å². The molecule has 1 atom stereocenters. The number of carbonyl (C=O) groups excluding carboxylic acids is 1. The first-order chi connectivity index (χ1) is 6.50. The monoisotopic (exact) mass is 199 g/mol. The molecule has 1 unspecified atom stereocenters. The molecule has 6 nitrogen and oxygen atoms in total. The maximum absolute atomic E-state index is 13.0. The minimum atomic E-state index is -0.723. The van der Waals surface area contributed by atoms with Crippen molar-refractivity contribution in [1.82, 2.24) is 9.97 Å². The van der Waals surface area contributed by atoms with Crippen molar-refractivity contribution in [3.63, 3.8) is 0 Å². The van der Waals surface area contributed by atoms with Crippen LogP contribution in [0.15, 0.2) is 6.20 Å². The van der Waals surface area contributed by atoms with Crippen LogP contribution in [0.2, 0.25) is 0 Å². The summed E-state index contributed by atoms with van der Waals surface area (Å²) in [4.78, 5) is 17.7. The highest BCUT2D eigenvalue weighted by Gasteiger charge is 2.12. The number of halogens is 1. The van der Waals surface area contributed by atoms with E-state index in [-0.39, 0.29) is 11.8 Å². The summed E-state index contributed by atoms with van der Waals surface area (Å²) in [5.74, 6) is -1.51. The molecule has 0 bridgehead atoms. The average Bonchev–Trinajstić information content (AvgIpc) is 2.11. The molecule has 0 spiro atoms. The first-order valence-electron chi connectivity index (χ1n) is 3.84. The van der Waals surface area contributed by atoms with E-state index in [0.717, 1.165) is 6.20 Å². The number of carbonyl (C=O) groups is 1. The third-order valence-corrected chi connectivity index (χ3v) is 1.54. The highest BCUT2D eigenvalue weighted by molar-refractivity contribution is 5.82. The summed E-state index contributed by atoms with van der Waals surface area (Å²) in [5.41, 5.74) is 10.2. The van der Waals surface area contributed by atoms with Gasteiger partial charge in [0.15, 0.2) is 11.6 Å². The second-order valence-electron chi connectivity index (χ2n) is 2.69. The summed E-state index contributed by atoms with van der Waals surface area (Å²) in [6, 6.07) is -0.723. The highest BCUT2D eigenvalue weighted by Crippen LogP contribution is 2.10. The lowest BCUT2D eigenvalue weighted by atomic mass is 10.3. The van der Waals surface area contributed by atoms with E-state index >= 15 is 0 Å². The average molecular weight is 199 g/mol. The molecule has 0 radical (unpaired) electrons. The number of hydrogen-bond acceptors (Lipinski definition) is 5. The molecule has 0 aliphatic carbocycles. The van der Waals surface area contributed by atoms with Gasteiger partial charge in [-0.1, -0.05) is 0 Å². The largest absolute Gasteiger partial charge is 0.368 e. The Morgan fingerprint density at radius 2 is 2.36 bits per heavy atom. The number of nitrogens with zero attached hydrogens (tertiary/aromatic N) is 2. The molecule has 1 aromatic heterocycles. The molecule has 1 rings (SSSR count). The molecule has 1 heterocycles. The SMILES string of the molecule is CC(Nc1nc(N)ncc1F)C(N)=O. The predicted molar refractivity (Wildman–Crippen MR) is 48.7 cm³/mol. The Balaban J connectivity index is 2.85. The van der Waals surface area contributed by atoms with Crippen LogP contribution in [-0.4, -0.2) is 21.9 Å². The molecular weight excluding hydrogens is 189 g/mol. The fraction of sp³-hybridized carbons (Fsp3) is 0.286. The van der Waals surface area contributed by atoms with E-state index in [0.29, 0.717) is 0 Å². The number of rotatable bonds is 3. The number of hydrogen-bond donors (Lipinski definition) is 3. The van der Waals surface area contributed by atoms with Gasteiger partial charge in [0, 0.05) is 0 Å². The number of aromatic nitrogens is 2. The number of anilines is 2. The Kier molecular flexibility index (Phi) is 2.80. The van der Waals surface area contributed by atoms with Crippen LogP contribution in [0.25, 0.3) is 0 Å². The first kappa shape index (κ1) is 10.2. The van der Waals surface area contributed by atoms with Crippen LogP contribution in [0.4, 0.5) is 16.2 Å². The number of nitrogens with two attached hydrogens (primary N) is 2. The van der Waals surface area contributed by atoms with E-state index in [1.165, 1.54) is 6.92 Å². The fourth-order valence-corrected chi connectivity index (χ4v) is 0.758. The molecule has 0 saturated heterocycles. The summed E-state index contributed by atoms with van der Waals surface area (Å²) >= 11 is 0. The van der Waals surface area contributed by atoms with Gasteiger partial charge in [-0.15, -0.1) is 0 Å². The Bertz CT molecular complexity index is 356. The summed E-state index contributed by atoms with van der Waals surface area (Å²) < 4.78 is 13.0. The second kappa shape index (κ2) is 3.86. The zero-order chi connectivity index (χ0) is 10.7. The number of nitrogens with one attached hydrogen (secondary N) is 1. The molecule has 1 amide bonds. The van der Waals surface area contributed by atoms with Crippen molar-refractivity contribution in [3.8, 4) is 0 Å². The van der Waals surface area contributed by atoms with Gasteiger partial charge in [-0.05, 0) is 6.92 Å². The van der Waals surface area contributed by atoms with Crippen LogP contribution >= 0.6 is 0 Å². The van der Waals surface area contributed by atoms with Crippen molar-refractivity contribution in [2.24, 2.45) is 5.73 Å². The predicted octanol–water partition coefficient (Wildman–Crippen LogP) is -0.516. The van der Waals surface area contributed by atoms with E-state index in [9.17, 15) is 9.18 Å². The van der Waals surface area contributed by atoms with Crippen LogP contribution in [0.1, 0.15) is 6.92 Å². The maximum Gasteiger partial charge on any atom is 0.239 e. The van der Waals surface area contributed by atoms with Crippen LogP contribution in [0.5, 0.6) is 0 Å². The quantitative estimate of drug-likeness (QED) is 0.607. The van der Waals surface area contributed by atoms with Crippen LogP contribution in [-0.2, 0) is 4.79 Å². The second-order valence-corrected chi connectivity index (χ2v) is 2.69. The van der Waals surface area contributed by atoms with Crippen molar-refractivity contribution in [2.75, 3.05) is 11.1 Å². The Morgan fingerprint density at radius 3 is 2.93 bits per heavy atom. The van der Waals surface area contributed by atoms with Crippen molar-refractivity contribution in [1.29, 1.82) is 0 Å². The Morgan fingerprint density at radius 1 is 1.71 bits per heavy atom. The van der Waals surface area contributed by atoms with Gasteiger partial charge in [-0.2, -0.15) is 4.98 Å². The number of amides is 1. The first-order valence-corrected chi connectivity index (χ1v) is 3.84. The van der Waals surface area contributed by atoms with Gasteiger partial charge in [0.05, 0.1) is 6.20 Å². The molecule has 76 valence electrons. The summed E-state index contributed by atoms with van der Waals surface area (Å²) in [6.07, 6.45) is 0.915. The molecular formula is C7H10FN5O. The summed E-state index contributed by atoms with van der Waals surface area (Å²) in [6.45, 7) is 1.49. The zero-order valence-electron chi connectivity index (χ0n) is 7.49. The van der Waals surface area contributed by atoms with E-state index in [1.54, 1.807) is 0 Å². The van der Waals surface area contributed by atoms with E-state index in [2.05, 4.69) is 15.3 Å². The molecule has 0 aliphatic rings. The van der Waals surface area contributed by atoms with Gasteiger partial charge in [-0.25, -0.2) is 9.37 Å². The van der Waals surface area contributed by atoms with Crippen molar-refractivity contribution in [3.05, 3.63) is 12.0 Å². The molecule has 7 heteroatoms. The minimum absolute atomic E-state index is 0.0782. The van der Waals surface area contributed by atoms with Gasteiger partial charge in [0.2, 0.25) is 11.9 Å². The summed E-state index contributed by atoms with van der Waals surface area (Å²) in [7, 11) is 0. The Hall–Kier alpha value is -1.92. The van der Waals surface area contributed by atoms with Crippen molar-refractivity contribution >= 4 is 17.7 Å². The smallest absolute Gasteiger partial charge is 0.239 e. The number of nitrogen functional groups attached to an aromatic ring is 1. The maximum atomic E-state index is 13.0. The van der Waals surface area contributed by atoms with Crippen LogP contribution in [0.3, 0.4) is 0 Å². The van der Waals surface area contributed by atoms with Gasteiger partial charge >= 0.3 is 0 Å². The molecule has 0 aromatic carbocycles. The van der Waals surface area contributed by atoms with Gasteiger partial charge in [0.25, 0.3) is 0 Å². The van der Waals surface area contributed by atoms with Crippen LogP contribution < -0.4 is 16.8 Å².